The molecule has 1 aliphatic heterocycles. The SMILES string of the molecule is CCNc1nc(OC)nc(SC2CCOC2C)n1. The second kappa shape index (κ2) is 6.19. The first kappa shape index (κ1) is 13.4. The quantitative estimate of drug-likeness (QED) is 0.871. The number of methoxy groups -OCH3 is 1. The van der Waals surface area contributed by atoms with Gasteiger partial charge in [0, 0.05) is 18.4 Å². The minimum Gasteiger partial charge on any atom is -0.467 e. The standard InChI is InChI=1S/C11H18N4O2S/c1-4-12-9-13-10(16-3)15-11(14-9)18-8-5-6-17-7(8)2/h7-8H,4-6H2,1-3H3,(H,12,13,14,15). The molecule has 2 unspecified atom stereocenters. The van der Waals surface area contributed by atoms with E-state index in [0.29, 0.717) is 22.4 Å². The van der Waals surface area contributed by atoms with E-state index in [-0.39, 0.29) is 6.10 Å². The molecule has 1 aliphatic rings. The number of ether oxygens (including phenoxy) is 2. The number of nitrogens with one attached hydrogen (secondary N) is 1. The molecule has 1 fully saturated rings. The summed E-state index contributed by atoms with van der Waals surface area (Å²) in [7, 11) is 1.56. The van der Waals surface area contributed by atoms with Crippen molar-refractivity contribution in [2.24, 2.45) is 0 Å². The van der Waals surface area contributed by atoms with E-state index in [2.05, 4.69) is 27.2 Å². The summed E-state index contributed by atoms with van der Waals surface area (Å²) in [6, 6.07) is 0.343. The Morgan fingerprint density at radius 2 is 2.28 bits per heavy atom. The van der Waals surface area contributed by atoms with Gasteiger partial charge in [0.2, 0.25) is 5.95 Å². The molecule has 1 aromatic heterocycles. The van der Waals surface area contributed by atoms with E-state index >= 15 is 0 Å². The van der Waals surface area contributed by atoms with Gasteiger partial charge in [-0.25, -0.2) is 0 Å². The summed E-state index contributed by atoms with van der Waals surface area (Å²) in [5.41, 5.74) is 0. The highest BCUT2D eigenvalue weighted by atomic mass is 32.2. The number of aromatic nitrogens is 3. The van der Waals surface area contributed by atoms with Crippen LogP contribution in [0.3, 0.4) is 0 Å². The van der Waals surface area contributed by atoms with Crippen LogP contribution in [0.5, 0.6) is 6.01 Å². The van der Waals surface area contributed by atoms with Crippen LogP contribution in [0, 0.1) is 0 Å². The molecule has 2 heterocycles. The summed E-state index contributed by atoms with van der Waals surface area (Å²) in [5, 5.41) is 4.15. The van der Waals surface area contributed by atoms with E-state index in [9.17, 15) is 0 Å². The zero-order valence-electron chi connectivity index (χ0n) is 10.8. The van der Waals surface area contributed by atoms with Gasteiger partial charge in [0.1, 0.15) is 0 Å². The lowest BCUT2D eigenvalue weighted by atomic mass is 10.3. The summed E-state index contributed by atoms with van der Waals surface area (Å²) in [5.74, 6) is 0.554. The van der Waals surface area contributed by atoms with Crippen LogP contribution in [0.2, 0.25) is 0 Å². The maximum absolute atomic E-state index is 5.53. The third-order valence-electron chi connectivity index (χ3n) is 2.68. The fourth-order valence-electron chi connectivity index (χ4n) is 1.72. The molecular weight excluding hydrogens is 252 g/mol. The van der Waals surface area contributed by atoms with Gasteiger partial charge in [-0.3, -0.25) is 0 Å². The van der Waals surface area contributed by atoms with Crippen LogP contribution in [0.25, 0.3) is 0 Å². The second-order valence-electron chi connectivity index (χ2n) is 3.98. The maximum atomic E-state index is 5.53. The zero-order chi connectivity index (χ0) is 13.0. The van der Waals surface area contributed by atoms with Crippen LogP contribution in [0.15, 0.2) is 5.16 Å². The van der Waals surface area contributed by atoms with Crippen molar-refractivity contribution in [2.75, 3.05) is 25.6 Å². The lowest BCUT2D eigenvalue weighted by Gasteiger charge is -2.13. The topological polar surface area (TPSA) is 69.2 Å². The molecule has 18 heavy (non-hydrogen) atoms. The van der Waals surface area contributed by atoms with Gasteiger partial charge in [0.15, 0.2) is 5.16 Å². The number of rotatable bonds is 5. The van der Waals surface area contributed by atoms with Crippen molar-refractivity contribution in [1.82, 2.24) is 15.0 Å². The van der Waals surface area contributed by atoms with Gasteiger partial charge >= 0.3 is 6.01 Å². The molecule has 2 atom stereocenters. The average Bonchev–Trinajstić information content (AvgIpc) is 2.75. The summed E-state index contributed by atoms with van der Waals surface area (Å²) in [4.78, 5) is 12.8. The molecule has 0 spiro atoms. The minimum absolute atomic E-state index is 0.236. The third kappa shape index (κ3) is 3.23. The number of anilines is 1. The molecule has 0 bridgehead atoms. The largest absolute Gasteiger partial charge is 0.467 e. The number of nitrogens with zero attached hydrogens (tertiary/aromatic N) is 3. The van der Waals surface area contributed by atoms with E-state index in [1.165, 1.54) is 0 Å². The molecule has 0 aromatic carbocycles. The first-order valence-corrected chi connectivity index (χ1v) is 6.93. The fourth-order valence-corrected chi connectivity index (χ4v) is 2.75. The second-order valence-corrected chi connectivity index (χ2v) is 5.19. The molecule has 100 valence electrons. The predicted octanol–water partition coefficient (Wildman–Crippen LogP) is 1.58. The van der Waals surface area contributed by atoms with Crippen molar-refractivity contribution in [3.8, 4) is 6.01 Å². The molecule has 1 N–H and O–H groups in total. The first-order valence-electron chi connectivity index (χ1n) is 6.05. The van der Waals surface area contributed by atoms with Crippen LogP contribution in [0.4, 0.5) is 5.95 Å². The molecule has 0 radical (unpaired) electrons. The number of hydrogen-bond acceptors (Lipinski definition) is 7. The Morgan fingerprint density at radius 1 is 1.44 bits per heavy atom. The van der Waals surface area contributed by atoms with Gasteiger partial charge in [-0.2, -0.15) is 15.0 Å². The van der Waals surface area contributed by atoms with Gasteiger partial charge in [0.05, 0.1) is 13.2 Å². The molecule has 1 aromatic rings. The Hall–Kier alpha value is -1.08. The monoisotopic (exact) mass is 270 g/mol. The highest BCUT2D eigenvalue weighted by Gasteiger charge is 2.26. The third-order valence-corrected chi connectivity index (χ3v) is 3.99. The molecule has 7 heteroatoms. The summed E-state index contributed by atoms with van der Waals surface area (Å²) >= 11 is 1.62. The lowest BCUT2D eigenvalue weighted by Crippen LogP contribution is -2.14. The summed E-state index contributed by atoms with van der Waals surface area (Å²) in [6.07, 6.45) is 1.26. The van der Waals surface area contributed by atoms with Gasteiger partial charge in [0.25, 0.3) is 0 Å². The van der Waals surface area contributed by atoms with Crippen LogP contribution >= 0.6 is 11.8 Å². The van der Waals surface area contributed by atoms with E-state index in [1.54, 1.807) is 18.9 Å². The van der Waals surface area contributed by atoms with E-state index in [4.69, 9.17) is 9.47 Å². The fraction of sp³-hybridized carbons (Fsp3) is 0.727. The van der Waals surface area contributed by atoms with Gasteiger partial charge < -0.3 is 14.8 Å². The van der Waals surface area contributed by atoms with Crippen LogP contribution in [-0.4, -0.2) is 46.6 Å². The Kier molecular flexibility index (Phi) is 4.60. The van der Waals surface area contributed by atoms with Crippen LogP contribution in [-0.2, 0) is 4.74 Å². The van der Waals surface area contributed by atoms with Crippen LogP contribution in [0.1, 0.15) is 20.3 Å². The number of hydrogen-bond donors (Lipinski definition) is 1. The van der Waals surface area contributed by atoms with Crippen molar-refractivity contribution in [3.63, 3.8) is 0 Å². The van der Waals surface area contributed by atoms with E-state index in [1.807, 2.05) is 6.92 Å². The van der Waals surface area contributed by atoms with Crippen LogP contribution < -0.4 is 10.1 Å². The summed E-state index contributed by atoms with van der Waals surface area (Å²) < 4.78 is 10.6. The smallest absolute Gasteiger partial charge is 0.321 e. The van der Waals surface area contributed by atoms with Crippen molar-refractivity contribution >= 4 is 17.7 Å². The highest BCUT2D eigenvalue weighted by Crippen LogP contribution is 2.31. The Balaban J connectivity index is 2.12. The first-order chi connectivity index (χ1) is 8.72. The maximum Gasteiger partial charge on any atom is 0.321 e. The minimum atomic E-state index is 0.236. The molecule has 0 saturated carbocycles. The van der Waals surface area contributed by atoms with E-state index in [0.717, 1.165) is 19.6 Å². The normalized spacial score (nSPS) is 23.1. The molecule has 0 aliphatic carbocycles. The molecular formula is C11H18N4O2S. The Labute approximate surface area is 111 Å². The van der Waals surface area contributed by atoms with Gasteiger partial charge in [-0.15, -0.1) is 0 Å². The highest BCUT2D eigenvalue weighted by molar-refractivity contribution is 7.99. The summed E-state index contributed by atoms with van der Waals surface area (Å²) in [6.45, 7) is 5.64. The van der Waals surface area contributed by atoms with Gasteiger partial charge in [-0.05, 0) is 20.3 Å². The predicted molar refractivity (Wildman–Crippen MR) is 70.2 cm³/mol. The van der Waals surface area contributed by atoms with Gasteiger partial charge in [-0.1, -0.05) is 11.8 Å². The Bertz CT molecular complexity index is 405. The Morgan fingerprint density at radius 3 is 2.89 bits per heavy atom. The number of thioether (sulfide) groups is 1. The van der Waals surface area contributed by atoms with Crippen molar-refractivity contribution < 1.29 is 9.47 Å². The van der Waals surface area contributed by atoms with Crippen molar-refractivity contribution in [2.45, 2.75) is 36.8 Å². The van der Waals surface area contributed by atoms with E-state index < -0.39 is 0 Å². The van der Waals surface area contributed by atoms with Crippen molar-refractivity contribution in [1.29, 1.82) is 0 Å². The lowest BCUT2D eigenvalue weighted by molar-refractivity contribution is 0.127. The molecule has 6 nitrogen and oxygen atoms in total. The van der Waals surface area contributed by atoms with Crippen molar-refractivity contribution in [3.05, 3.63) is 0 Å². The zero-order valence-corrected chi connectivity index (χ0v) is 11.7. The molecule has 2 rings (SSSR count). The molecule has 0 amide bonds. The molecule has 1 saturated heterocycles. The average molecular weight is 270 g/mol.